The van der Waals surface area contributed by atoms with Crippen molar-refractivity contribution in [2.75, 3.05) is 14.2 Å². The van der Waals surface area contributed by atoms with Gasteiger partial charge >= 0.3 is 11.9 Å². The highest BCUT2D eigenvalue weighted by atomic mass is 16.5. The Bertz CT molecular complexity index is 869. The molecule has 0 heterocycles. The zero-order valence-electron chi connectivity index (χ0n) is 18.8. The lowest BCUT2D eigenvalue weighted by Crippen LogP contribution is -2.04. The lowest BCUT2D eigenvalue weighted by molar-refractivity contribution is -0.143. The number of aryl methyl sites for hydroxylation is 2. The van der Waals surface area contributed by atoms with Crippen LogP contribution in [0.1, 0.15) is 58.1 Å². The highest BCUT2D eigenvalue weighted by Gasteiger charge is 2.46. The van der Waals surface area contributed by atoms with E-state index in [2.05, 4.69) is 64.1 Å². The molecule has 2 fully saturated rings. The maximum absolute atomic E-state index is 11.3. The third-order valence-corrected chi connectivity index (χ3v) is 6.68. The third-order valence-electron chi connectivity index (χ3n) is 6.68. The summed E-state index contributed by atoms with van der Waals surface area (Å²) < 4.78 is 9.51. The number of methoxy groups -OCH3 is 2. The second-order valence-electron chi connectivity index (χ2n) is 8.52. The molecule has 0 N–H and O–H groups in total. The minimum Gasteiger partial charge on any atom is -0.469 e. The molecule has 0 aliphatic heterocycles. The Labute approximate surface area is 179 Å². The first-order valence-electron chi connectivity index (χ1n) is 10.6. The van der Waals surface area contributed by atoms with Gasteiger partial charge in [0, 0.05) is 0 Å². The summed E-state index contributed by atoms with van der Waals surface area (Å²) in [6.07, 6.45) is 1.88. The van der Waals surface area contributed by atoms with Gasteiger partial charge in [-0.3, -0.25) is 9.59 Å². The average molecular weight is 409 g/mol. The van der Waals surface area contributed by atoms with Gasteiger partial charge in [-0.15, -0.1) is 0 Å². The molecule has 2 aromatic rings. The molecule has 0 spiro atoms. The van der Waals surface area contributed by atoms with E-state index in [1.54, 1.807) is 0 Å². The number of hydrogen-bond acceptors (Lipinski definition) is 4. The van der Waals surface area contributed by atoms with Crippen LogP contribution in [0, 0.1) is 39.5 Å². The maximum atomic E-state index is 11.3. The molecule has 0 amide bonds. The van der Waals surface area contributed by atoms with Crippen molar-refractivity contribution in [3.63, 3.8) is 0 Å². The van der Waals surface area contributed by atoms with E-state index in [9.17, 15) is 9.59 Å². The number of ether oxygens (including phenoxy) is 2. The first-order valence-corrected chi connectivity index (χ1v) is 10.6. The Morgan fingerprint density at radius 2 is 1.07 bits per heavy atom. The summed E-state index contributed by atoms with van der Waals surface area (Å²) in [6, 6.07) is 12.6. The van der Waals surface area contributed by atoms with E-state index >= 15 is 0 Å². The standard InChI is InChI=1S/2C13H16O2/c2*1-8-5-4-6-10(9(8)2)11-7-12(11)13(14)15-3/h2*4-6,11-12H,7H2,1-3H3. The fourth-order valence-corrected chi connectivity index (χ4v) is 4.25. The van der Waals surface area contributed by atoms with E-state index in [1.807, 2.05) is 0 Å². The Hall–Kier alpha value is -2.62. The molecule has 2 aromatic carbocycles. The highest BCUT2D eigenvalue weighted by molar-refractivity contribution is 5.78. The molecule has 0 bridgehead atoms. The van der Waals surface area contributed by atoms with E-state index in [-0.39, 0.29) is 23.8 Å². The lowest BCUT2D eigenvalue weighted by atomic mass is 9.99. The van der Waals surface area contributed by atoms with Gasteiger partial charge in [-0.25, -0.2) is 0 Å². The zero-order valence-corrected chi connectivity index (χ0v) is 18.8. The quantitative estimate of drug-likeness (QED) is 0.656. The van der Waals surface area contributed by atoms with Crippen molar-refractivity contribution < 1.29 is 19.1 Å². The van der Waals surface area contributed by atoms with Gasteiger partial charge in [0.2, 0.25) is 0 Å². The average Bonchev–Trinajstić information content (AvgIpc) is 3.65. The van der Waals surface area contributed by atoms with Gasteiger partial charge in [0.15, 0.2) is 0 Å². The molecule has 4 unspecified atom stereocenters. The van der Waals surface area contributed by atoms with Crippen molar-refractivity contribution in [3.05, 3.63) is 69.8 Å². The van der Waals surface area contributed by atoms with Crippen LogP contribution in [0.5, 0.6) is 0 Å². The van der Waals surface area contributed by atoms with Crippen molar-refractivity contribution in [1.29, 1.82) is 0 Å². The first kappa shape index (κ1) is 22.1. The number of benzene rings is 2. The minimum absolute atomic E-state index is 0.0686. The van der Waals surface area contributed by atoms with Gasteiger partial charge in [0.1, 0.15) is 0 Å². The topological polar surface area (TPSA) is 52.6 Å². The minimum atomic E-state index is -0.0686. The summed E-state index contributed by atoms with van der Waals surface area (Å²) in [5.41, 5.74) is 7.84. The highest BCUT2D eigenvalue weighted by Crippen LogP contribution is 2.50. The van der Waals surface area contributed by atoms with Gasteiger partial charge < -0.3 is 9.47 Å². The molecule has 160 valence electrons. The van der Waals surface area contributed by atoms with Crippen molar-refractivity contribution in [1.82, 2.24) is 0 Å². The van der Waals surface area contributed by atoms with E-state index in [0.717, 1.165) is 12.8 Å². The molecule has 2 saturated carbocycles. The van der Waals surface area contributed by atoms with Crippen LogP contribution in [-0.4, -0.2) is 26.2 Å². The normalized spacial score (nSPS) is 23.7. The molecule has 4 rings (SSSR count). The second kappa shape index (κ2) is 9.03. The number of hydrogen-bond donors (Lipinski definition) is 0. The number of carbonyl (C=O) groups excluding carboxylic acids is 2. The Morgan fingerprint density at radius 3 is 1.40 bits per heavy atom. The van der Waals surface area contributed by atoms with Gasteiger partial charge in [0.05, 0.1) is 26.1 Å². The summed E-state index contributed by atoms with van der Waals surface area (Å²) in [5.74, 6) is 0.822. The van der Waals surface area contributed by atoms with Crippen LogP contribution in [0.15, 0.2) is 36.4 Å². The molecule has 0 saturated heterocycles. The zero-order chi connectivity index (χ0) is 22.0. The Morgan fingerprint density at radius 1 is 0.700 bits per heavy atom. The molecule has 0 aromatic heterocycles. The maximum Gasteiger partial charge on any atom is 0.309 e. The van der Waals surface area contributed by atoms with Crippen molar-refractivity contribution >= 4 is 11.9 Å². The van der Waals surface area contributed by atoms with Crippen LogP contribution in [0.2, 0.25) is 0 Å². The first-order chi connectivity index (χ1) is 14.3. The SMILES string of the molecule is COC(=O)C1CC1c1cccc(C)c1C.COC(=O)C1CC1c1cccc(C)c1C. The van der Waals surface area contributed by atoms with E-state index in [4.69, 9.17) is 9.47 Å². The van der Waals surface area contributed by atoms with Crippen LogP contribution in [0.3, 0.4) is 0 Å². The second-order valence-corrected chi connectivity index (χ2v) is 8.52. The van der Waals surface area contributed by atoms with Gasteiger partial charge in [-0.1, -0.05) is 36.4 Å². The number of esters is 2. The smallest absolute Gasteiger partial charge is 0.309 e. The van der Waals surface area contributed by atoms with Gasteiger partial charge in [-0.2, -0.15) is 0 Å². The fraction of sp³-hybridized carbons (Fsp3) is 0.462. The molecule has 4 heteroatoms. The van der Waals surface area contributed by atoms with E-state index in [0.29, 0.717) is 11.8 Å². The predicted octanol–water partition coefficient (Wildman–Crippen LogP) is 5.16. The van der Waals surface area contributed by atoms with Crippen LogP contribution in [0.25, 0.3) is 0 Å². The molecule has 2 aliphatic carbocycles. The molecule has 0 radical (unpaired) electrons. The molecule has 2 aliphatic rings. The van der Waals surface area contributed by atoms with Crippen molar-refractivity contribution in [3.8, 4) is 0 Å². The Balaban J connectivity index is 0.000000171. The summed E-state index contributed by atoms with van der Waals surface area (Å²) in [6.45, 7) is 8.46. The van der Waals surface area contributed by atoms with Crippen LogP contribution >= 0.6 is 0 Å². The largest absolute Gasteiger partial charge is 0.469 e. The molecule has 30 heavy (non-hydrogen) atoms. The van der Waals surface area contributed by atoms with E-state index < -0.39 is 0 Å². The summed E-state index contributed by atoms with van der Waals surface area (Å²) in [4.78, 5) is 22.7. The molecule has 4 nitrogen and oxygen atoms in total. The van der Waals surface area contributed by atoms with Gasteiger partial charge in [-0.05, 0) is 85.8 Å². The monoisotopic (exact) mass is 408 g/mol. The fourth-order valence-electron chi connectivity index (χ4n) is 4.25. The number of rotatable bonds is 4. The summed E-state index contributed by atoms with van der Waals surface area (Å²) in [5, 5.41) is 0. The number of carbonyl (C=O) groups is 2. The van der Waals surface area contributed by atoms with Crippen molar-refractivity contribution in [2.24, 2.45) is 11.8 Å². The summed E-state index contributed by atoms with van der Waals surface area (Å²) in [7, 11) is 2.92. The predicted molar refractivity (Wildman–Crippen MR) is 118 cm³/mol. The lowest BCUT2D eigenvalue weighted by Gasteiger charge is -2.07. The van der Waals surface area contributed by atoms with Gasteiger partial charge in [0.25, 0.3) is 0 Å². The van der Waals surface area contributed by atoms with Crippen LogP contribution in [0.4, 0.5) is 0 Å². The molecular weight excluding hydrogens is 376 g/mol. The molecule has 4 atom stereocenters. The van der Waals surface area contributed by atoms with Crippen LogP contribution < -0.4 is 0 Å². The van der Waals surface area contributed by atoms with E-state index in [1.165, 1.54) is 47.6 Å². The summed E-state index contributed by atoms with van der Waals surface area (Å²) >= 11 is 0. The van der Waals surface area contributed by atoms with Crippen molar-refractivity contribution in [2.45, 2.75) is 52.4 Å². The third kappa shape index (κ3) is 4.58. The van der Waals surface area contributed by atoms with Crippen LogP contribution in [-0.2, 0) is 19.1 Å². The Kier molecular flexibility index (Phi) is 6.64. The molecular formula is C26H32O4.